The second-order valence-corrected chi connectivity index (χ2v) is 6.62. The molecule has 0 bridgehead atoms. The lowest BCUT2D eigenvalue weighted by Crippen LogP contribution is -2.28. The number of carbonyl (C=O) groups is 1. The minimum absolute atomic E-state index is 0.157. The van der Waals surface area contributed by atoms with Gasteiger partial charge in [-0.2, -0.15) is 0 Å². The van der Waals surface area contributed by atoms with Crippen molar-refractivity contribution in [2.45, 2.75) is 38.1 Å². The Morgan fingerprint density at radius 1 is 1.43 bits per heavy atom. The maximum Gasteiger partial charge on any atom is 0.220 e. The van der Waals surface area contributed by atoms with Crippen molar-refractivity contribution in [1.29, 1.82) is 0 Å². The van der Waals surface area contributed by atoms with Crippen LogP contribution in [-0.2, 0) is 11.2 Å². The van der Waals surface area contributed by atoms with Crippen LogP contribution in [-0.4, -0.2) is 30.0 Å². The van der Waals surface area contributed by atoms with Crippen molar-refractivity contribution in [1.82, 2.24) is 15.6 Å². The molecule has 3 rings (SSSR count). The number of carbonyl (C=O) groups excluding carboxylic acids is 1. The van der Waals surface area contributed by atoms with Gasteiger partial charge in [-0.3, -0.25) is 4.79 Å². The molecule has 0 aliphatic carbocycles. The summed E-state index contributed by atoms with van der Waals surface area (Å²) in [7, 11) is 0. The fraction of sp³-hybridized carbons (Fsp3) is 0.500. The zero-order valence-corrected chi connectivity index (χ0v) is 12.9. The van der Waals surface area contributed by atoms with Gasteiger partial charge in [0.25, 0.3) is 0 Å². The quantitative estimate of drug-likeness (QED) is 0.862. The maximum absolute atomic E-state index is 11.8. The smallest absolute Gasteiger partial charge is 0.220 e. The highest BCUT2D eigenvalue weighted by Gasteiger charge is 2.15. The highest BCUT2D eigenvalue weighted by atomic mass is 32.1. The molecule has 5 heteroatoms. The van der Waals surface area contributed by atoms with E-state index in [4.69, 9.17) is 0 Å². The summed E-state index contributed by atoms with van der Waals surface area (Å²) in [5.74, 6) is 0.157. The van der Waals surface area contributed by atoms with Crippen molar-refractivity contribution in [2.24, 2.45) is 0 Å². The van der Waals surface area contributed by atoms with E-state index in [1.807, 2.05) is 18.2 Å². The summed E-state index contributed by atoms with van der Waals surface area (Å²) in [4.78, 5) is 16.4. The average Bonchev–Trinajstić information content (AvgIpc) is 3.14. The number of hydrogen-bond donors (Lipinski definition) is 2. The fourth-order valence-electron chi connectivity index (χ4n) is 2.73. The van der Waals surface area contributed by atoms with Crippen LogP contribution in [0.15, 0.2) is 24.3 Å². The Morgan fingerprint density at radius 3 is 3.14 bits per heavy atom. The largest absolute Gasteiger partial charge is 0.356 e. The Hall–Kier alpha value is -1.46. The predicted octanol–water partition coefficient (Wildman–Crippen LogP) is 2.49. The second-order valence-electron chi connectivity index (χ2n) is 5.51. The Kier molecular flexibility index (Phi) is 4.83. The number of hydrogen-bond acceptors (Lipinski definition) is 4. The molecule has 1 aromatic carbocycles. The predicted molar refractivity (Wildman–Crippen MR) is 86.6 cm³/mol. The molecule has 1 atom stereocenters. The molecule has 2 N–H and O–H groups in total. The van der Waals surface area contributed by atoms with Gasteiger partial charge in [-0.15, -0.1) is 11.3 Å². The van der Waals surface area contributed by atoms with E-state index in [0.29, 0.717) is 19.0 Å². The third-order valence-corrected chi connectivity index (χ3v) is 4.98. The van der Waals surface area contributed by atoms with Gasteiger partial charge in [0.1, 0.15) is 0 Å². The summed E-state index contributed by atoms with van der Waals surface area (Å²) in [6.45, 7) is 1.78. The number of benzene rings is 1. The van der Waals surface area contributed by atoms with Gasteiger partial charge < -0.3 is 10.6 Å². The van der Waals surface area contributed by atoms with E-state index < -0.39 is 0 Å². The molecule has 1 aliphatic rings. The van der Waals surface area contributed by atoms with E-state index >= 15 is 0 Å². The van der Waals surface area contributed by atoms with Gasteiger partial charge in [-0.25, -0.2) is 4.98 Å². The van der Waals surface area contributed by atoms with Gasteiger partial charge in [0.15, 0.2) is 0 Å². The SMILES string of the molecule is O=C(CCC1CCCN1)NCCc1nc2ccccc2s1. The van der Waals surface area contributed by atoms with Crippen molar-refractivity contribution in [3.8, 4) is 0 Å². The van der Waals surface area contributed by atoms with E-state index in [0.717, 1.165) is 29.9 Å². The van der Waals surface area contributed by atoms with Crippen molar-refractivity contribution in [3.63, 3.8) is 0 Å². The number of para-hydroxylation sites is 1. The van der Waals surface area contributed by atoms with Gasteiger partial charge in [0, 0.05) is 25.4 Å². The summed E-state index contributed by atoms with van der Waals surface area (Å²) in [5, 5.41) is 7.51. The number of rotatable bonds is 6. The summed E-state index contributed by atoms with van der Waals surface area (Å²) in [6.07, 6.45) is 4.83. The molecule has 1 saturated heterocycles. The Morgan fingerprint density at radius 2 is 2.33 bits per heavy atom. The maximum atomic E-state index is 11.8. The van der Waals surface area contributed by atoms with E-state index in [2.05, 4.69) is 21.7 Å². The van der Waals surface area contributed by atoms with Crippen molar-refractivity contribution < 1.29 is 4.79 Å². The normalized spacial score (nSPS) is 18.2. The first kappa shape index (κ1) is 14.5. The number of thiazole rings is 1. The molecule has 2 heterocycles. The van der Waals surface area contributed by atoms with Crippen LogP contribution < -0.4 is 10.6 Å². The molecular weight excluding hydrogens is 282 g/mol. The van der Waals surface area contributed by atoms with Crippen molar-refractivity contribution in [3.05, 3.63) is 29.3 Å². The topological polar surface area (TPSA) is 54.0 Å². The van der Waals surface area contributed by atoms with E-state index in [9.17, 15) is 4.79 Å². The van der Waals surface area contributed by atoms with Crippen LogP contribution in [0.2, 0.25) is 0 Å². The van der Waals surface area contributed by atoms with E-state index in [1.54, 1.807) is 11.3 Å². The third-order valence-electron chi connectivity index (χ3n) is 3.88. The van der Waals surface area contributed by atoms with Crippen LogP contribution in [0.4, 0.5) is 0 Å². The monoisotopic (exact) mass is 303 g/mol. The molecule has 1 aliphatic heterocycles. The average molecular weight is 303 g/mol. The highest BCUT2D eigenvalue weighted by molar-refractivity contribution is 7.18. The number of fused-ring (bicyclic) bond motifs is 1. The van der Waals surface area contributed by atoms with Crippen LogP contribution in [0, 0.1) is 0 Å². The Bertz CT molecular complexity index is 571. The first-order valence-corrected chi connectivity index (χ1v) is 8.47. The zero-order chi connectivity index (χ0) is 14.5. The fourth-order valence-corrected chi connectivity index (χ4v) is 3.70. The first-order valence-electron chi connectivity index (χ1n) is 7.66. The van der Waals surface area contributed by atoms with Crippen molar-refractivity contribution in [2.75, 3.05) is 13.1 Å². The molecule has 1 unspecified atom stereocenters. The minimum Gasteiger partial charge on any atom is -0.356 e. The van der Waals surface area contributed by atoms with Gasteiger partial charge in [0.05, 0.1) is 15.2 Å². The molecule has 0 spiro atoms. The molecule has 1 fully saturated rings. The Labute approximate surface area is 129 Å². The van der Waals surface area contributed by atoms with Crippen LogP contribution in [0.3, 0.4) is 0 Å². The molecule has 1 aromatic heterocycles. The number of aromatic nitrogens is 1. The van der Waals surface area contributed by atoms with Crippen LogP contribution in [0.5, 0.6) is 0 Å². The first-order chi connectivity index (χ1) is 10.3. The van der Waals surface area contributed by atoms with E-state index in [1.165, 1.54) is 17.5 Å². The zero-order valence-electron chi connectivity index (χ0n) is 12.1. The number of amides is 1. The molecular formula is C16H21N3OS. The lowest BCUT2D eigenvalue weighted by Gasteiger charge is -2.09. The Balaban J connectivity index is 1.39. The summed E-state index contributed by atoms with van der Waals surface area (Å²) in [6, 6.07) is 8.69. The van der Waals surface area contributed by atoms with Crippen LogP contribution >= 0.6 is 11.3 Å². The highest BCUT2D eigenvalue weighted by Crippen LogP contribution is 2.21. The molecule has 4 nitrogen and oxygen atoms in total. The summed E-state index contributed by atoms with van der Waals surface area (Å²) >= 11 is 1.71. The van der Waals surface area contributed by atoms with Crippen LogP contribution in [0.1, 0.15) is 30.7 Å². The minimum atomic E-state index is 0.157. The van der Waals surface area contributed by atoms with Crippen molar-refractivity contribution >= 4 is 27.5 Å². The molecule has 0 saturated carbocycles. The van der Waals surface area contributed by atoms with E-state index in [-0.39, 0.29) is 5.91 Å². The number of nitrogens with zero attached hydrogens (tertiary/aromatic N) is 1. The lowest BCUT2D eigenvalue weighted by molar-refractivity contribution is -0.121. The van der Waals surface area contributed by atoms with Gasteiger partial charge in [-0.1, -0.05) is 12.1 Å². The lowest BCUT2D eigenvalue weighted by atomic mass is 10.1. The molecule has 21 heavy (non-hydrogen) atoms. The van der Waals surface area contributed by atoms with Gasteiger partial charge in [-0.05, 0) is 37.9 Å². The standard InChI is InChI=1S/C16H21N3OS/c20-15(8-7-12-4-3-10-17-12)18-11-9-16-19-13-5-1-2-6-14(13)21-16/h1-2,5-6,12,17H,3-4,7-11H2,(H,18,20). The summed E-state index contributed by atoms with van der Waals surface area (Å²) < 4.78 is 1.21. The van der Waals surface area contributed by atoms with Crippen LogP contribution in [0.25, 0.3) is 10.2 Å². The molecule has 2 aromatic rings. The second kappa shape index (κ2) is 7.00. The van der Waals surface area contributed by atoms with Gasteiger partial charge >= 0.3 is 0 Å². The summed E-state index contributed by atoms with van der Waals surface area (Å²) in [5.41, 5.74) is 1.05. The molecule has 112 valence electrons. The van der Waals surface area contributed by atoms with Gasteiger partial charge in [0.2, 0.25) is 5.91 Å². The molecule has 0 radical (unpaired) electrons. The molecule has 1 amide bonds. The number of nitrogens with one attached hydrogen (secondary N) is 2. The third kappa shape index (κ3) is 4.02.